The Labute approximate surface area is 411 Å². The zero-order chi connectivity index (χ0) is 56.1. The highest BCUT2D eigenvalue weighted by Gasteiger charge is 2.92. The first-order valence-electron chi connectivity index (χ1n) is 27.6. The summed E-state index contributed by atoms with van der Waals surface area (Å²) in [6.45, 7) is 69.9. The molecule has 12 unspecified atom stereocenters. The van der Waals surface area contributed by atoms with Crippen LogP contribution in [0.4, 0.5) is 0 Å². The van der Waals surface area contributed by atoms with Crippen molar-refractivity contribution in [3.63, 3.8) is 0 Å². The zero-order valence-electron chi connectivity index (χ0n) is 51.2. The lowest BCUT2D eigenvalue weighted by molar-refractivity contribution is -0.245. The number of hydrogen-bond donors (Lipinski definition) is 5. The summed E-state index contributed by atoms with van der Waals surface area (Å²) in [5.74, 6) is -5.45. The van der Waals surface area contributed by atoms with Crippen molar-refractivity contribution in [1.82, 2.24) is 0 Å². The second-order valence-corrected chi connectivity index (χ2v) is 12.6. The van der Waals surface area contributed by atoms with Crippen LogP contribution in [0, 0.1) is 35.0 Å². The van der Waals surface area contributed by atoms with Crippen molar-refractivity contribution in [3.05, 3.63) is 11.6 Å². The second-order valence-electron chi connectivity index (χ2n) is 12.6. The van der Waals surface area contributed by atoms with Gasteiger partial charge in [-0.3, -0.25) is 9.59 Å². The Kier molecular flexibility index (Phi) is 72.1. The molecule has 0 aromatic heterocycles. The maximum Gasteiger partial charge on any atom is 0.309 e. The van der Waals surface area contributed by atoms with Crippen molar-refractivity contribution in [1.29, 1.82) is 0 Å². The fraction of sp³-hybridized carbons (Fsp3) is 0.929. The summed E-state index contributed by atoms with van der Waals surface area (Å²) < 4.78 is 11.7. The molecule has 4 fully saturated rings. The predicted octanol–water partition coefficient (Wildman–Crippen LogP) is 15.5. The van der Waals surface area contributed by atoms with Gasteiger partial charge in [0.2, 0.25) is 0 Å². The number of hydrogen-bond acceptors (Lipinski definition) is 9. The van der Waals surface area contributed by atoms with E-state index in [2.05, 4.69) is 13.8 Å². The molecule has 0 aromatic carbocycles. The Morgan fingerprint density at radius 3 is 1.29 bits per heavy atom. The molecule has 0 spiro atoms. The van der Waals surface area contributed by atoms with E-state index >= 15 is 0 Å². The summed E-state index contributed by atoms with van der Waals surface area (Å²) in [6.07, 6.45) is -0.723. The van der Waals surface area contributed by atoms with Crippen LogP contribution in [0.2, 0.25) is 0 Å². The van der Waals surface area contributed by atoms with E-state index in [1.807, 2.05) is 215 Å². The molecule has 9 nitrogen and oxygen atoms in total. The number of ether oxygens (including phenoxy) is 2. The topological polar surface area (TPSA) is 157 Å². The molecule has 5 rings (SSSR count). The third kappa shape index (κ3) is 19.5. The van der Waals surface area contributed by atoms with Crippen molar-refractivity contribution in [3.8, 4) is 0 Å². The number of ketones is 1. The van der Waals surface area contributed by atoms with Gasteiger partial charge in [-0.25, -0.2) is 0 Å². The van der Waals surface area contributed by atoms with Crippen LogP contribution in [0.3, 0.4) is 0 Å². The maximum atomic E-state index is 13.2. The zero-order valence-corrected chi connectivity index (χ0v) is 51.2. The van der Waals surface area contributed by atoms with Crippen molar-refractivity contribution >= 4 is 11.8 Å². The number of aliphatic hydroxyl groups excluding tert-OH is 3. The normalized spacial score (nSPS) is 30.4. The molecule has 3 saturated carbocycles. The van der Waals surface area contributed by atoms with Gasteiger partial charge >= 0.3 is 5.97 Å². The minimum atomic E-state index is -2.20. The maximum absolute atomic E-state index is 13.2. The summed E-state index contributed by atoms with van der Waals surface area (Å²) >= 11 is 0. The minimum absolute atomic E-state index is 0.246. The minimum Gasteiger partial charge on any atom is -0.455 e. The van der Waals surface area contributed by atoms with Gasteiger partial charge in [0.25, 0.3) is 0 Å². The van der Waals surface area contributed by atoms with Gasteiger partial charge < -0.3 is 35.0 Å². The summed E-state index contributed by atoms with van der Waals surface area (Å²) in [5.41, 5.74) is -7.76. The largest absolute Gasteiger partial charge is 0.455 e. The second kappa shape index (κ2) is 52.0. The molecule has 0 bridgehead atoms. The number of carbonyl (C=O) groups excluding carboxylic acids is 2. The van der Waals surface area contributed by atoms with Gasteiger partial charge in [-0.05, 0) is 18.9 Å². The number of epoxide rings is 1. The summed E-state index contributed by atoms with van der Waals surface area (Å²) in [7, 11) is 0. The Morgan fingerprint density at radius 1 is 0.677 bits per heavy atom. The summed E-state index contributed by atoms with van der Waals surface area (Å²) in [5, 5.41) is 57.6. The fourth-order valence-electron chi connectivity index (χ4n) is 7.96. The van der Waals surface area contributed by atoms with Crippen LogP contribution in [0.25, 0.3) is 0 Å². The average molecular weight is 946 g/mol. The van der Waals surface area contributed by atoms with E-state index in [-0.39, 0.29) is 5.57 Å². The lowest BCUT2D eigenvalue weighted by Gasteiger charge is -2.54. The third-order valence-electron chi connectivity index (χ3n) is 10.3. The Bertz CT molecular complexity index is 1020. The first-order chi connectivity index (χ1) is 31.1. The van der Waals surface area contributed by atoms with Crippen LogP contribution >= 0.6 is 0 Å². The molecule has 1 aliphatic heterocycles. The number of fused-ring (bicyclic) bond motifs is 7. The van der Waals surface area contributed by atoms with E-state index in [1.165, 1.54) is 19.4 Å². The lowest BCUT2D eigenvalue weighted by Crippen LogP contribution is -2.68. The number of esters is 1. The number of carbonyl (C=O) groups is 2. The van der Waals surface area contributed by atoms with Gasteiger partial charge in [-0.1, -0.05) is 255 Å². The van der Waals surface area contributed by atoms with Gasteiger partial charge in [0.15, 0.2) is 11.4 Å². The third-order valence-corrected chi connectivity index (χ3v) is 10.3. The number of rotatable bonds is 4. The molecule has 12 atom stereocenters. The lowest BCUT2D eigenvalue weighted by atomic mass is 9.58. The quantitative estimate of drug-likeness (QED) is 0.137. The SMILES string of the molecule is CC.CC.CC.CC.CC.CC.CC.CC.CC.CC.CC.CC.CC.CC.CCC.CCC(C)C(=O)OC12C(O)C(C)C3(O)C(C(O)C4(CO)OC4C4(O)C(=O)C(C)=CC43)C1C2(C)C. The molecule has 5 N–H and O–H groups in total. The van der Waals surface area contributed by atoms with E-state index in [9.17, 15) is 35.1 Å². The average Bonchev–Trinajstić information content (AvgIpc) is 4.25. The Morgan fingerprint density at radius 2 is 1.00 bits per heavy atom. The van der Waals surface area contributed by atoms with E-state index < -0.39 is 94.1 Å². The van der Waals surface area contributed by atoms with Crippen LogP contribution in [0.15, 0.2) is 11.6 Å². The van der Waals surface area contributed by atoms with Gasteiger partial charge in [0.1, 0.15) is 17.3 Å². The van der Waals surface area contributed by atoms with E-state index in [1.54, 1.807) is 13.8 Å². The predicted molar refractivity (Wildman–Crippen MR) is 292 cm³/mol. The highest BCUT2D eigenvalue weighted by Crippen LogP contribution is 2.78. The fourth-order valence-corrected chi connectivity index (χ4v) is 7.96. The number of Topliss-reactive ketones (excluding diaryl/α,β-unsaturated/α-hetero) is 1. The smallest absolute Gasteiger partial charge is 0.309 e. The molecule has 9 heteroatoms. The van der Waals surface area contributed by atoms with Crippen molar-refractivity contribution in [2.45, 2.75) is 303 Å². The van der Waals surface area contributed by atoms with E-state index in [4.69, 9.17) is 9.47 Å². The molecule has 0 amide bonds. The molecular formula is C56H128O9. The van der Waals surface area contributed by atoms with Crippen molar-refractivity contribution < 1.29 is 44.6 Å². The molecule has 1 heterocycles. The first-order valence-corrected chi connectivity index (χ1v) is 27.6. The molecule has 4 aliphatic carbocycles. The van der Waals surface area contributed by atoms with Gasteiger partial charge in [-0.2, -0.15) is 0 Å². The van der Waals surface area contributed by atoms with Gasteiger partial charge in [0, 0.05) is 29.1 Å². The van der Waals surface area contributed by atoms with E-state index in [0.29, 0.717) is 6.42 Å². The monoisotopic (exact) mass is 945 g/mol. The molecular weight excluding hydrogens is 817 g/mol. The van der Waals surface area contributed by atoms with Crippen LogP contribution < -0.4 is 0 Å². The summed E-state index contributed by atoms with van der Waals surface area (Å²) in [6, 6.07) is 0. The Balaban J connectivity index is -0.0000000888. The van der Waals surface area contributed by atoms with E-state index in [0.717, 1.165) is 0 Å². The molecule has 5 aliphatic rings. The molecule has 0 radical (unpaired) electrons. The van der Waals surface area contributed by atoms with Crippen LogP contribution in [0.5, 0.6) is 0 Å². The van der Waals surface area contributed by atoms with Gasteiger partial charge in [-0.15, -0.1) is 0 Å². The van der Waals surface area contributed by atoms with Crippen LogP contribution in [-0.4, -0.2) is 84.6 Å². The standard InChI is InChI=1S/C25H36O9.C3H8.14C2H6/c1-7-10(2)19(30)33-25-15(21(25,5)6)14-18(29)22(9-26)20(34-22)24(32)13(8-11(3)16(24)27)23(14,31)12(4)17(25)28;1-3-2;14*1-2/h8,10,12-15,17-18,20,26,28-29,31-32H,7,9H2,1-6H3;3H2,1-2H3;14*1-2H3. The first kappa shape index (κ1) is 90.1. The van der Waals surface area contributed by atoms with Crippen LogP contribution in [-0.2, 0) is 19.1 Å². The number of aliphatic hydroxyl groups is 5. The molecule has 1 saturated heterocycles. The highest BCUT2D eigenvalue weighted by molar-refractivity contribution is 6.05. The van der Waals surface area contributed by atoms with Crippen molar-refractivity contribution in [2.75, 3.05) is 6.61 Å². The van der Waals surface area contributed by atoms with Gasteiger partial charge in [0.05, 0.1) is 30.3 Å². The summed E-state index contributed by atoms with van der Waals surface area (Å²) in [4.78, 5) is 26.0. The Hall–Kier alpha value is -1.36. The molecule has 65 heavy (non-hydrogen) atoms. The molecule has 406 valence electrons. The highest BCUT2D eigenvalue weighted by atomic mass is 16.6. The van der Waals surface area contributed by atoms with Crippen LogP contribution in [0.1, 0.15) is 262 Å². The van der Waals surface area contributed by atoms with Crippen molar-refractivity contribution in [2.24, 2.45) is 35.0 Å². The molecule has 0 aromatic rings.